The first-order valence-electron chi connectivity index (χ1n) is 8.83. The topological polar surface area (TPSA) is 77.9 Å². The molecule has 0 bridgehead atoms. The summed E-state index contributed by atoms with van der Waals surface area (Å²) in [5.41, 5.74) is 12.7. The highest BCUT2D eigenvalue weighted by Gasteiger charge is 2.12. The molecule has 5 nitrogen and oxygen atoms in total. The van der Waals surface area contributed by atoms with Crippen molar-refractivity contribution in [2.24, 2.45) is 5.11 Å². The number of carbonyl (C=O) groups is 1. The molecule has 0 heterocycles. The summed E-state index contributed by atoms with van der Waals surface area (Å²) in [6.07, 6.45) is 1.64. The van der Waals surface area contributed by atoms with E-state index in [-0.39, 0.29) is 5.91 Å². The smallest absolute Gasteiger partial charge is 0.256 e. The van der Waals surface area contributed by atoms with E-state index in [2.05, 4.69) is 15.3 Å². The maximum Gasteiger partial charge on any atom is 0.256 e. The van der Waals surface area contributed by atoms with Crippen molar-refractivity contribution >= 4 is 11.6 Å². The summed E-state index contributed by atoms with van der Waals surface area (Å²) in [5.74, 6) is -0.134. The van der Waals surface area contributed by atoms with Gasteiger partial charge < -0.3 is 5.32 Å². The van der Waals surface area contributed by atoms with Gasteiger partial charge in [0.15, 0.2) is 0 Å². The maximum absolute atomic E-state index is 12.8. The summed E-state index contributed by atoms with van der Waals surface area (Å²) in [6, 6.07) is 25.2. The van der Waals surface area contributed by atoms with E-state index in [0.717, 1.165) is 35.2 Å². The van der Waals surface area contributed by atoms with E-state index in [0.29, 0.717) is 12.1 Å². The number of rotatable bonds is 7. The Morgan fingerprint density at radius 2 is 1.63 bits per heavy atom. The molecule has 0 atom stereocenters. The number of carbonyl (C=O) groups excluding carboxylic acids is 1. The second kappa shape index (κ2) is 9.22. The van der Waals surface area contributed by atoms with Crippen molar-refractivity contribution in [3.05, 3.63) is 100 Å². The highest BCUT2D eigenvalue weighted by Crippen LogP contribution is 2.24. The Morgan fingerprint density at radius 1 is 0.926 bits per heavy atom. The van der Waals surface area contributed by atoms with Crippen LogP contribution in [0.15, 0.2) is 84.0 Å². The van der Waals surface area contributed by atoms with Crippen molar-refractivity contribution in [2.45, 2.75) is 12.8 Å². The lowest BCUT2D eigenvalue weighted by Crippen LogP contribution is -2.13. The first kappa shape index (κ1) is 18.2. The van der Waals surface area contributed by atoms with Gasteiger partial charge in [0.05, 0.1) is 0 Å². The third-order valence-electron chi connectivity index (χ3n) is 4.26. The number of hydrogen-bond acceptors (Lipinski definition) is 2. The molecule has 0 saturated heterocycles. The Bertz CT molecular complexity index is 946. The zero-order chi connectivity index (χ0) is 18.9. The van der Waals surface area contributed by atoms with Crippen molar-refractivity contribution in [2.75, 3.05) is 11.9 Å². The van der Waals surface area contributed by atoms with Crippen LogP contribution in [0.3, 0.4) is 0 Å². The van der Waals surface area contributed by atoms with E-state index in [1.165, 1.54) is 0 Å². The summed E-state index contributed by atoms with van der Waals surface area (Å²) in [4.78, 5) is 15.5. The summed E-state index contributed by atoms with van der Waals surface area (Å²) in [6.45, 7) is 0.491. The molecule has 5 heteroatoms. The van der Waals surface area contributed by atoms with Crippen molar-refractivity contribution in [1.82, 2.24) is 0 Å². The lowest BCUT2D eigenvalue weighted by atomic mass is 9.99. The van der Waals surface area contributed by atoms with E-state index in [1.54, 1.807) is 0 Å². The van der Waals surface area contributed by atoms with Gasteiger partial charge in [0, 0.05) is 22.7 Å². The van der Waals surface area contributed by atoms with Gasteiger partial charge in [-0.25, -0.2) is 0 Å². The van der Waals surface area contributed by atoms with Crippen molar-refractivity contribution < 1.29 is 4.79 Å². The molecule has 134 valence electrons. The largest absolute Gasteiger partial charge is 0.322 e. The molecule has 27 heavy (non-hydrogen) atoms. The van der Waals surface area contributed by atoms with Crippen LogP contribution < -0.4 is 5.32 Å². The molecule has 0 saturated carbocycles. The molecule has 0 aliphatic heterocycles. The number of azide groups is 1. The molecule has 1 N–H and O–H groups in total. The van der Waals surface area contributed by atoms with Gasteiger partial charge in [-0.3, -0.25) is 4.79 Å². The van der Waals surface area contributed by atoms with Crippen LogP contribution in [0.5, 0.6) is 0 Å². The van der Waals surface area contributed by atoms with E-state index in [9.17, 15) is 4.79 Å². The molecular weight excluding hydrogens is 336 g/mol. The number of hydrogen-bond donors (Lipinski definition) is 1. The molecule has 3 aromatic rings. The molecule has 3 aromatic carbocycles. The van der Waals surface area contributed by atoms with Gasteiger partial charge in [0.25, 0.3) is 5.91 Å². The third kappa shape index (κ3) is 4.97. The highest BCUT2D eigenvalue weighted by atomic mass is 16.1. The molecule has 0 radical (unpaired) electrons. The first-order valence-corrected chi connectivity index (χ1v) is 8.83. The number of anilines is 1. The second-order valence-corrected chi connectivity index (χ2v) is 6.12. The number of benzene rings is 3. The van der Waals surface area contributed by atoms with Crippen molar-refractivity contribution in [3.63, 3.8) is 0 Å². The van der Waals surface area contributed by atoms with Crippen LogP contribution in [-0.4, -0.2) is 12.5 Å². The predicted octanol–water partition coefficient (Wildman–Crippen LogP) is 5.85. The number of aryl methyl sites for hydroxylation is 1. The summed E-state index contributed by atoms with van der Waals surface area (Å²) in [5, 5.41) is 6.50. The predicted molar refractivity (Wildman–Crippen MR) is 109 cm³/mol. The molecule has 0 fully saturated rings. The zero-order valence-electron chi connectivity index (χ0n) is 14.9. The van der Waals surface area contributed by atoms with Gasteiger partial charge in [-0.05, 0) is 53.3 Å². The van der Waals surface area contributed by atoms with Gasteiger partial charge in [0.2, 0.25) is 0 Å². The molecule has 1 amide bonds. The standard InChI is InChI=1S/C22H20N4O/c23-26-24-16-6-7-17-12-14-19(15-13-17)25-22(27)21-11-5-4-10-20(21)18-8-2-1-3-9-18/h1-5,8-15H,6-7,16H2,(H,25,27). The van der Waals surface area contributed by atoms with Crippen LogP contribution in [0.2, 0.25) is 0 Å². The molecule has 0 unspecified atom stereocenters. The normalized spacial score (nSPS) is 10.1. The average Bonchev–Trinajstić information content (AvgIpc) is 2.73. The van der Waals surface area contributed by atoms with E-state index in [4.69, 9.17) is 5.53 Å². The lowest BCUT2D eigenvalue weighted by molar-refractivity contribution is 0.102. The first-order chi connectivity index (χ1) is 13.3. The fraction of sp³-hybridized carbons (Fsp3) is 0.136. The number of nitrogens with one attached hydrogen (secondary N) is 1. The SMILES string of the molecule is [N-]=[N+]=NCCCc1ccc(NC(=O)c2ccccc2-c2ccccc2)cc1. The van der Waals surface area contributed by atoms with Crippen molar-refractivity contribution in [3.8, 4) is 11.1 Å². The molecule has 0 spiro atoms. The van der Waals surface area contributed by atoms with Gasteiger partial charge >= 0.3 is 0 Å². The van der Waals surface area contributed by atoms with E-state index < -0.39 is 0 Å². The molecular formula is C22H20N4O. The third-order valence-corrected chi connectivity index (χ3v) is 4.26. The van der Waals surface area contributed by atoms with E-state index in [1.807, 2.05) is 78.9 Å². The highest BCUT2D eigenvalue weighted by molar-refractivity contribution is 6.08. The minimum Gasteiger partial charge on any atom is -0.322 e. The summed E-state index contributed by atoms with van der Waals surface area (Å²) in [7, 11) is 0. The van der Waals surface area contributed by atoms with Gasteiger partial charge in [-0.15, -0.1) is 0 Å². The Kier molecular flexibility index (Phi) is 6.23. The lowest BCUT2D eigenvalue weighted by Gasteiger charge is -2.11. The number of nitrogens with zero attached hydrogens (tertiary/aromatic N) is 3. The summed E-state index contributed by atoms with van der Waals surface area (Å²) >= 11 is 0. The average molecular weight is 356 g/mol. The molecule has 0 aliphatic carbocycles. The van der Waals surface area contributed by atoms with Gasteiger partial charge in [-0.2, -0.15) is 0 Å². The minimum atomic E-state index is -0.134. The Morgan fingerprint density at radius 3 is 2.37 bits per heavy atom. The van der Waals surface area contributed by atoms with Gasteiger partial charge in [-0.1, -0.05) is 65.8 Å². The summed E-state index contributed by atoms with van der Waals surface area (Å²) < 4.78 is 0. The van der Waals surface area contributed by atoms with Gasteiger partial charge in [0.1, 0.15) is 0 Å². The number of amides is 1. The van der Waals surface area contributed by atoms with Crippen LogP contribution >= 0.6 is 0 Å². The minimum absolute atomic E-state index is 0.134. The quantitative estimate of drug-likeness (QED) is 0.245. The van der Waals surface area contributed by atoms with Crippen molar-refractivity contribution in [1.29, 1.82) is 0 Å². The fourth-order valence-corrected chi connectivity index (χ4v) is 2.90. The maximum atomic E-state index is 12.8. The van der Waals surface area contributed by atoms with Crippen LogP contribution in [0.4, 0.5) is 5.69 Å². The molecule has 3 rings (SSSR count). The van der Waals surface area contributed by atoms with Crippen LogP contribution in [0, 0.1) is 0 Å². The second-order valence-electron chi connectivity index (χ2n) is 6.12. The Hall–Kier alpha value is -3.56. The van der Waals surface area contributed by atoms with Crippen LogP contribution in [-0.2, 0) is 6.42 Å². The van der Waals surface area contributed by atoms with Crippen LogP contribution in [0.1, 0.15) is 22.3 Å². The molecule has 0 aromatic heterocycles. The Labute approximate surface area is 158 Å². The monoisotopic (exact) mass is 356 g/mol. The van der Waals surface area contributed by atoms with E-state index >= 15 is 0 Å². The van der Waals surface area contributed by atoms with Crippen LogP contribution in [0.25, 0.3) is 21.6 Å². The zero-order valence-corrected chi connectivity index (χ0v) is 14.9. The fourth-order valence-electron chi connectivity index (χ4n) is 2.90. The Balaban J connectivity index is 1.70. The molecule has 0 aliphatic rings.